The number of rotatable bonds is 3. The van der Waals surface area contributed by atoms with Crippen LogP contribution in [0, 0.1) is 2.88 Å². The van der Waals surface area contributed by atoms with Crippen molar-refractivity contribution >= 4 is 55.5 Å². The molecule has 0 saturated heterocycles. The van der Waals surface area contributed by atoms with E-state index in [1.165, 1.54) is 28.4 Å². The van der Waals surface area contributed by atoms with Gasteiger partial charge in [0.1, 0.15) is 0 Å². The van der Waals surface area contributed by atoms with Crippen LogP contribution < -0.4 is 10.0 Å². The monoisotopic (exact) mass is 422 g/mol. The molecule has 1 aromatic heterocycles. The highest BCUT2D eigenvalue weighted by molar-refractivity contribution is 14.1. The Bertz CT molecular complexity index is 738. The summed E-state index contributed by atoms with van der Waals surface area (Å²) in [6, 6.07) is 7.67. The molecule has 0 atom stereocenters. The van der Waals surface area contributed by atoms with Crippen molar-refractivity contribution in [3.63, 3.8) is 0 Å². The minimum atomic E-state index is -3.72. The third-order valence-electron chi connectivity index (χ3n) is 2.67. The van der Waals surface area contributed by atoms with E-state index in [4.69, 9.17) is 5.14 Å². The van der Waals surface area contributed by atoms with E-state index in [0.717, 1.165) is 2.88 Å². The van der Waals surface area contributed by atoms with Gasteiger partial charge >= 0.3 is 0 Å². The van der Waals surface area contributed by atoms with Crippen LogP contribution in [0.1, 0.15) is 10.4 Å². The maximum atomic E-state index is 12.2. The van der Waals surface area contributed by atoms with E-state index in [9.17, 15) is 13.2 Å². The number of nitrogens with two attached hydrogens (primary N) is 1. The molecule has 20 heavy (non-hydrogen) atoms. The highest BCUT2D eigenvalue weighted by Crippen LogP contribution is 2.21. The van der Waals surface area contributed by atoms with Gasteiger partial charge in [-0.25, -0.2) is 13.6 Å². The minimum absolute atomic E-state index is 0.0205. The Morgan fingerprint density at radius 2 is 1.90 bits per heavy atom. The molecule has 1 amide bonds. The van der Waals surface area contributed by atoms with E-state index in [0.29, 0.717) is 11.3 Å². The van der Waals surface area contributed by atoms with Gasteiger partial charge in [-0.3, -0.25) is 4.79 Å². The van der Waals surface area contributed by atoms with E-state index < -0.39 is 10.0 Å². The van der Waals surface area contributed by atoms with Crippen molar-refractivity contribution in [3.8, 4) is 0 Å². The Kier molecular flexibility index (Phi) is 4.47. The number of hydrogen-bond acceptors (Lipinski definition) is 4. The topological polar surface area (TPSA) is 80.5 Å². The number of sulfonamides is 1. The second kappa shape index (κ2) is 5.80. The molecule has 0 spiro atoms. The van der Waals surface area contributed by atoms with Crippen LogP contribution in [0.25, 0.3) is 0 Å². The lowest BCUT2D eigenvalue weighted by molar-refractivity contribution is 0.0993. The molecule has 8 heteroatoms. The fourth-order valence-electron chi connectivity index (χ4n) is 1.59. The summed E-state index contributed by atoms with van der Waals surface area (Å²) in [5.41, 5.74) is 1.21. The second-order valence-electron chi connectivity index (χ2n) is 4.04. The SMILES string of the molecule is CN(C(=O)c1csc(I)c1)c1ccc(S(N)(=O)=O)cc1. The lowest BCUT2D eigenvalue weighted by atomic mass is 10.2. The van der Waals surface area contributed by atoms with Crippen LogP contribution in [0.2, 0.25) is 0 Å². The van der Waals surface area contributed by atoms with E-state index >= 15 is 0 Å². The van der Waals surface area contributed by atoms with E-state index in [2.05, 4.69) is 22.6 Å². The predicted octanol–water partition coefficient (Wildman–Crippen LogP) is 2.28. The van der Waals surface area contributed by atoms with Crippen molar-refractivity contribution in [2.24, 2.45) is 5.14 Å². The first-order valence-corrected chi connectivity index (χ1v) is 8.94. The van der Waals surface area contributed by atoms with Crippen LogP contribution in [0.5, 0.6) is 0 Å². The Morgan fingerprint density at radius 1 is 1.30 bits per heavy atom. The summed E-state index contributed by atoms with van der Waals surface area (Å²) in [4.78, 5) is 13.7. The second-order valence-corrected chi connectivity index (χ2v) is 8.41. The number of hydrogen-bond donors (Lipinski definition) is 1. The molecule has 0 unspecified atom stereocenters. The smallest absolute Gasteiger partial charge is 0.258 e. The molecule has 0 aliphatic rings. The number of benzene rings is 1. The van der Waals surface area contributed by atoms with Crippen LogP contribution in [0.15, 0.2) is 40.6 Å². The van der Waals surface area contributed by atoms with Gasteiger partial charge in [-0.1, -0.05) is 0 Å². The van der Waals surface area contributed by atoms with Gasteiger partial charge in [0.05, 0.1) is 13.3 Å². The van der Waals surface area contributed by atoms with Gasteiger partial charge in [-0.15, -0.1) is 11.3 Å². The first-order valence-electron chi connectivity index (χ1n) is 5.44. The van der Waals surface area contributed by atoms with Crippen LogP contribution in [-0.4, -0.2) is 21.4 Å². The summed E-state index contributed by atoms with van der Waals surface area (Å²) >= 11 is 3.65. The number of halogens is 1. The van der Waals surface area contributed by atoms with Crippen molar-refractivity contribution in [1.29, 1.82) is 0 Å². The van der Waals surface area contributed by atoms with Gasteiger partial charge in [-0.05, 0) is 52.9 Å². The van der Waals surface area contributed by atoms with Gasteiger partial charge in [0.25, 0.3) is 5.91 Å². The molecular formula is C12H11IN2O3S2. The van der Waals surface area contributed by atoms with E-state index in [-0.39, 0.29) is 10.8 Å². The third-order valence-corrected chi connectivity index (χ3v) is 5.39. The van der Waals surface area contributed by atoms with Crippen molar-refractivity contribution in [2.45, 2.75) is 4.90 Å². The molecule has 106 valence electrons. The maximum Gasteiger partial charge on any atom is 0.258 e. The fraction of sp³-hybridized carbons (Fsp3) is 0.0833. The molecule has 0 saturated carbocycles. The first-order chi connectivity index (χ1) is 9.29. The van der Waals surface area contributed by atoms with Crippen molar-refractivity contribution in [2.75, 3.05) is 11.9 Å². The number of thiophene rings is 1. The molecule has 1 heterocycles. The predicted molar refractivity (Wildman–Crippen MR) is 87.6 cm³/mol. The van der Waals surface area contributed by atoms with Gasteiger partial charge < -0.3 is 4.90 Å². The highest BCUT2D eigenvalue weighted by Gasteiger charge is 2.16. The largest absolute Gasteiger partial charge is 0.311 e. The zero-order valence-corrected chi connectivity index (χ0v) is 14.2. The molecule has 0 bridgehead atoms. The Balaban J connectivity index is 2.25. The number of amides is 1. The molecule has 0 radical (unpaired) electrons. The highest BCUT2D eigenvalue weighted by atomic mass is 127. The van der Waals surface area contributed by atoms with Crippen molar-refractivity contribution in [1.82, 2.24) is 0 Å². The lowest BCUT2D eigenvalue weighted by Gasteiger charge is -2.16. The van der Waals surface area contributed by atoms with Crippen LogP contribution in [0.4, 0.5) is 5.69 Å². The summed E-state index contributed by atoms with van der Waals surface area (Å²) in [5.74, 6) is -0.146. The van der Waals surface area contributed by atoms with Gasteiger partial charge in [0.15, 0.2) is 0 Å². The normalized spacial score (nSPS) is 11.3. The fourth-order valence-corrected chi connectivity index (χ4v) is 3.43. The molecule has 2 rings (SSSR count). The number of carbonyl (C=O) groups is 1. The van der Waals surface area contributed by atoms with Crippen LogP contribution >= 0.6 is 33.9 Å². The molecule has 2 aromatic rings. The summed E-state index contributed by atoms with van der Waals surface area (Å²) in [7, 11) is -2.08. The maximum absolute atomic E-state index is 12.2. The van der Waals surface area contributed by atoms with E-state index in [1.807, 2.05) is 6.07 Å². The lowest BCUT2D eigenvalue weighted by Crippen LogP contribution is -2.25. The molecule has 1 aromatic carbocycles. The third kappa shape index (κ3) is 3.37. The van der Waals surface area contributed by atoms with Crippen LogP contribution in [0.3, 0.4) is 0 Å². The summed E-state index contributed by atoms with van der Waals surface area (Å²) < 4.78 is 23.4. The van der Waals surface area contributed by atoms with Gasteiger partial charge in [-0.2, -0.15) is 0 Å². The Labute approximate surface area is 134 Å². The zero-order valence-electron chi connectivity index (χ0n) is 10.4. The molecule has 0 aliphatic heterocycles. The van der Waals surface area contributed by atoms with Crippen molar-refractivity contribution < 1.29 is 13.2 Å². The number of anilines is 1. The molecule has 0 fully saturated rings. The number of carbonyl (C=O) groups excluding carboxylic acids is 1. The Morgan fingerprint density at radius 3 is 2.35 bits per heavy atom. The quantitative estimate of drug-likeness (QED) is 0.771. The average molecular weight is 422 g/mol. The molecular weight excluding hydrogens is 411 g/mol. The van der Waals surface area contributed by atoms with Crippen LogP contribution in [-0.2, 0) is 10.0 Å². The molecule has 2 N–H and O–H groups in total. The first kappa shape index (κ1) is 15.4. The Hall–Kier alpha value is -0.970. The summed E-state index contributed by atoms with van der Waals surface area (Å²) in [5, 5.41) is 6.82. The van der Waals surface area contributed by atoms with Gasteiger partial charge in [0.2, 0.25) is 10.0 Å². The molecule has 5 nitrogen and oxygen atoms in total. The number of primary sulfonamides is 1. The average Bonchev–Trinajstić information content (AvgIpc) is 2.83. The minimum Gasteiger partial charge on any atom is -0.311 e. The summed E-state index contributed by atoms with van der Waals surface area (Å²) in [6.45, 7) is 0. The van der Waals surface area contributed by atoms with Gasteiger partial charge in [0, 0.05) is 18.1 Å². The number of nitrogens with zero attached hydrogens (tertiary/aromatic N) is 1. The standard InChI is InChI=1S/C12H11IN2O3S2/c1-15(12(16)8-6-11(13)19-7-8)9-2-4-10(5-3-9)20(14,17)18/h2-7H,1H3,(H2,14,17,18). The summed E-state index contributed by atoms with van der Waals surface area (Å²) in [6.07, 6.45) is 0. The zero-order chi connectivity index (χ0) is 14.9. The van der Waals surface area contributed by atoms with E-state index in [1.54, 1.807) is 24.6 Å². The van der Waals surface area contributed by atoms with Crippen molar-refractivity contribution in [3.05, 3.63) is 44.2 Å². The molecule has 0 aliphatic carbocycles.